The van der Waals surface area contributed by atoms with Gasteiger partial charge in [-0.15, -0.1) is 22.7 Å². The van der Waals surface area contributed by atoms with E-state index < -0.39 is 5.41 Å². The third kappa shape index (κ3) is 6.45. The lowest BCUT2D eigenvalue weighted by molar-refractivity contribution is 0.669. The highest BCUT2D eigenvalue weighted by Gasteiger charge is 2.46. The van der Waals surface area contributed by atoms with E-state index in [0.717, 1.165) is 65.4 Å². The van der Waals surface area contributed by atoms with Crippen LogP contribution < -0.4 is 0 Å². The van der Waals surface area contributed by atoms with Gasteiger partial charge in [-0.25, -0.2) is 15.0 Å². The van der Waals surface area contributed by atoms with Gasteiger partial charge in [0.05, 0.1) is 5.41 Å². The lowest BCUT2D eigenvalue weighted by atomic mass is 9.67. The van der Waals surface area contributed by atoms with Gasteiger partial charge in [0.2, 0.25) is 0 Å². The summed E-state index contributed by atoms with van der Waals surface area (Å²) in [6.45, 7) is 0. The molecule has 0 saturated carbocycles. The highest BCUT2D eigenvalue weighted by molar-refractivity contribution is 7.26. The van der Waals surface area contributed by atoms with Gasteiger partial charge in [-0.05, 0) is 104 Å². The summed E-state index contributed by atoms with van der Waals surface area (Å²) in [7, 11) is 0. The number of rotatable bonds is 7. The van der Waals surface area contributed by atoms with Crippen molar-refractivity contribution in [2.24, 2.45) is 0 Å². The van der Waals surface area contributed by atoms with Crippen LogP contribution in [0, 0.1) is 0 Å². The molecule has 76 heavy (non-hydrogen) atoms. The zero-order valence-electron chi connectivity index (χ0n) is 40.7. The molecule has 354 valence electrons. The quantitative estimate of drug-likeness (QED) is 0.160. The van der Waals surface area contributed by atoms with Crippen LogP contribution in [0.3, 0.4) is 0 Å². The highest BCUT2D eigenvalue weighted by atomic mass is 32.1. The van der Waals surface area contributed by atoms with Crippen LogP contribution in [0.4, 0.5) is 0 Å². The first-order valence-electron chi connectivity index (χ1n) is 25.6. The van der Waals surface area contributed by atoms with Gasteiger partial charge in [0, 0.05) is 67.8 Å². The molecule has 0 radical (unpaired) electrons. The van der Waals surface area contributed by atoms with Crippen LogP contribution in [0.1, 0.15) is 22.3 Å². The van der Waals surface area contributed by atoms with Gasteiger partial charge in [-0.3, -0.25) is 0 Å². The Labute approximate surface area is 445 Å². The van der Waals surface area contributed by atoms with Crippen LogP contribution in [0.15, 0.2) is 253 Å². The Morgan fingerprint density at radius 2 is 0.816 bits per heavy atom. The molecule has 11 aromatic carbocycles. The first kappa shape index (κ1) is 43.1. The number of benzene rings is 11. The summed E-state index contributed by atoms with van der Waals surface area (Å²) in [6.07, 6.45) is 0. The molecule has 6 heteroatoms. The summed E-state index contributed by atoms with van der Waals surface area (Å²) in [5.41, 5.74) is 16.2. The normalized spacial score (nSPS) is 12.8. The summed E-state index contributed by atoms with van der Waals surface area (Å²) < 4.78 is 11.5. The minimum atomic E-state index is -0.462. The molecule has 0 spiro atoms. The largest absolute Gasteiger partial charge is 0.456 e. The number of furan rings is 1. The predicted octanol–water partition coefficient (Wildman–Crippen LogP) is 19.2. The van der Waals surface area contributed by atoms with Crippen molar-refractivity contribution in [1.82, 2.24) is 15.0 Å². The van der Waals surface area contributed by atoms with E-state index in [0.29, 0.717) is 17.5 Å². The van der Waals surface area contributed by atoms with Crippen molar-refractivity contribution < 1.29 is 4.42 Å². The molecule has 0 N–H and O–H groups in total. The molecule has 0 fully saturated rings. The van der Waals surface area contributed by atoms with Crippen molar-refractivity contribution in [3.8, 4) is 67.5 Å². The molecular formula is C70H41N3OS2. The van der Waals surface area contributed by atoms with Gasteiger partial charge in [0.1, 0.15) is 11.2 Å². The zero-order valence-corrected chi connectivity index (χ0v) is 42.4. The Hall–Kier alpha value is -9.33. The van der Waals surface area contributed by atoms with E-state index in [4.69, 9.17) is 19.4 Å². The molecule has 0 unspecified atom stereocenters. The molecule has 0 atom stereocenters. The molecule has 0 bridgehead atoms. The fourth-order valence-corrected chi connectivity index (χ4v) is 14.6. The SMILES string of the molecule is c1ccc(C2(c3ccccc3)c3ccccc3-c3ccc(-c4ccc(-c5ccc6oc7cccc(-c8nc(-c9cccc%10c9sc9ccccc9%10)nc(-c9cccc%10sc%11ccccc%11c9%10)n8)c7c6c5)cc4)cc32)cc1. The fraction of sp³-hybridized carbons (Fsp3) is 0.0143. The molecule has 0 aliphatic heterocycles. The van der Waals surface area contributed by atoms with E-state index in [1.54, 1.807) is 22.7 Å². The molecule has 0 amide bonds. The second kappa shape index (κ2) is 16.8. The van der Waals surface area contributed by atoms with Crippen LogP contribution >= 0.6 is 22.7 Å². The molecule has 4 heterocycles. The number of hydrogen-bond acceptors (Lipinski definition) is 6. The van der Waals surface area contributed by atoms with Gasteiger partial charge in [-0.1, -0.05) is 200 Å². The van der Waals surface area contributed by atoms with Crippen LogP contribution in [-0.4, -0.2) is 15.0 Å². The van der Waals surface area contributed by atoms with Crippen LogP contribution in [0.5, 0.6) is 0 Å². The van der Waals surface area contributed by atoms with Crippen molar-refractivity contribution in [1.29, 1.82) is 0 Å². The Morgan fingerprint density at radius 1 is 0.303 bits per heavy atom. The van der Waals surface area contributed by atoms with E-state index in [1.807, 2.05) is 12.1 Å². The maximum Gasteiger partial charge on any atom is 0.165 e. The minimum Gasteiger partial charge on any atom is -0.456 e. The van der Waals surface area contributed by atoms with Gasteiger partial charge in [0.25, 0.3) is 0 Å². The van der Waals surface area contributed by atoms with Gasteiger partial charge in [-0.2, -0.15) is 0 Å². The summed E-state index contributed by atoms with van der Waals surface area (Å²) in [5.74, 6) is 1.87. The van der Waals surface area contributed by atoms with Crippen molar-refractivity contribution in [3.63, 3.8) is 0 Å². The van der Waals surface area contributed by atoms with Gasteiger partial charge < -0.3 is 4.42 Å². The van der Waals surface area contributed by atoms with Crippen molar-refractivity contribution >= 4 is 85.0 Å². The summed E-state index contributed by atoms with van der Waals surface area (Å²) in [6, 6.07) is 89.9. The number of aromatic nitrogens is 3. The van der Waals surface area contributed by atoms with E-state index in [1.165, 1.54) is 69.2 Å². The summed E-state index contributed by atoms with van der Waals surface area (Å²) in [5, 5.41) is 6.76. The van der Waals surface area contributed by atoms with Crippen LogP contribution in [0.25, 0.3) is 130 Å². The standard InChI is InChI=1S/C70H41N3OS2/c1-3-16-46(17-4-1)70(47-18-5-2-6-19-47)57-27-10-7-20-48(57)49-38-36-45(41-58(49)70)43-34-32-42(33-35-43)44-37-39-59-56(40-44)64-53(24-14-28-60(64)74-59)67-71-68(54-25-15-31-63-65(54)52-22-9-12-30-62(52)75-63)73-69(72-67)55-26-13-23-51-50-21-8-11-29-61(50)76-66(51)55/h1-41H. The maximum atomic E-state index is 6.67. The Kier molecular flexibility index (Phi) is 9.56. The van der Waals surface area contributed by atoms with Crippen molar-refractivity contribution in [2.75, 3.05) is 0 Å². The van der Waals surface area contributed by atoms with Crippen LogP contribution in [-0.2, 0) is 5.41 Å². The molecule has 15 aromatic rings. The molecule has 1 aliphatic rings. The lowest BCUT2D eigenvalue weighted by Crippen LogP contribution is -2.28. The third-order valence-electron chi connectivity index (χ3n) is 15.7. The molecule has 4 nitrogen and oxygen atoms in total. The second-order valence-electron chi connectivity index (χ2n) is 19.7. The Bertz CT molecular complexity index is 4780. The first-order valence-corrected chi connectivity index (χ1v) is 27.3. The number of hydrogen-bond donors (Lipinski definition) is 0. The smallest absolute Gasteiger partial charge is 0.165 e. The average Bonchev–Trinajstić information content (AvgIpc) is 4.39. The molecule has 0 saturated heterocycles. The Morgan fingerprint density at radius 3 is 1.57 bits per heavy atom. The maximum absolute atomic E-state index is 6.67. The van der Waals surface area contributed by atoms with Crippen LogP contribution in [0.2, 0.25) is 0 Å². The highest BCUT2D eigenvalue weighted by Crippen LogP contribution is 2.57. The van der Waals surface area contributed by atoms with E-state index in [9.17, 15) is 0 Å². The third-order valence-corrected chi connectivity index (χ3v) is 18.0. The van der Waals surface area contributed by atoms with Crippen molar-refractivity contribution in [2.45, 2.75) is 5.41 Å². The fourth-order valence-electron chi connectivity index (χ4n) is 12.3. The van der Waals surface area contributed by atoms with Gasteiger partial charge in [0.15, 0.2) is 17.5 Å². The van der Waals surface area contributed by atoms with Gasteiger partial charge >= 0.3 is 0 Å². The minimum absolute atomic E-state index is 0.462. The first-order chi connectivity index (χ1) is 37.7. The van der Waals surface area contributed by atoms with E-state index in [2.05, 4.69) is 237 Å². The average molecular weight is 1000 g/mol. The lowest BCUT2D eigenvalue weighted by Gasteiger charge is -2.34. The second-order valence-corrected chi connectivity index (χ2v) is 21.9. The monoisotopic (exact) mass is 1000 g/mol. The predicted molar refractivity (Wildman–Crippen MR) is 317 cm³/mol. The molecule has 1 aliphatic carbocycles. The molecule has 4 aromatic heterocycles. The van der Waals surface area contributed by atoms with E-state index >= 15 is 0 Å². The molecular weight excluding hydrogens is 963 g/mol. The topological polar surface area (TPSA) is 51.8 Å². The summed E-state index contributed by atoms with van der Waals surface area (Å²) >= 11 is 3.58. The number of thiophene rings is 2. The van der Waals surface area contributed by atoms with Crippen molar-refractivity contribution in [3.05, 3.63) is 271 Å². The number of nitrogens with zero attached hydrogens (tertiary/aromatic N) is 3. The van der Waals surface area contributed by atoms with E-state index in [-0.39, 0.29) is 0 Å². The zero-order chi connectivity index (χ0) is 49.9. The molecule has 16 rings (SSSR count). The number of fused-ring (bicyclic) bond motifs is 12. The Balaban J connectivity index is 0.832. The summed E-state index contributed by atoms with van der Waals surface area (Å²) in [4.78, 5) is 16.3.